The fourth-order valence-electron chi connectivity index (χ4n) is 18.0. The number of nitrogens with zero attached hydrogens (tertiary/aromatic N) is 8. The second-order valence-electron chi connectivity index (χ2n) is 37.1. The Balaban J connectivity index is 0.694. The van der Waals surface area contributed by atoms with E-state index in [0.717, 1.165) is 28.0 Å². The van der Waals surface area contributed by atoms with E-state index in [1.165, 1.54) is 114 Å². The Morgan fingerprint density at radius 1 is 0.493 bits per heavy atom. The van der Waals surface area contributed by atoms with Gasteiger partial charge in [0.15, 0.2) is 65.3 Å². The molecule has 52 heteroatoms. The second-order valence-corrected chi connectivity index (χ2v) is 39.1. The number of methoxy groups -OCH3 is 2. The Bertz CT molecular complexity index is 6250. The molecule has 0 aliphatic carbocycles. The molecule has 7 aliphatic heterocycles. The van der Waals surface area contributed by atoms with Crippen LogP contribution in [-0.4, -0.2) is 344 Å². The van der Waals surface area contributed by atoms with Crippen LogP contribution in [0, 0.1) is 0 Å². The molecular weight excluding hydrogens is 2120 g/mol. The van der Waals surface area contributed by atoms with Gasteiger partial charge in [-0.2, -0.15) is 0 Å². The van der Waals surface area contributed by atoms with Crippen molar-refractivity contribution in [1.29, 1.82) is 0 Å². The highest BCUT2D eigenvalue weighted by Gasteiger charge is 2.54. The van der Waals surface area contributed by atoms with Gasteiger partial charge in [0.05, 0.1) is 98.8 Å². The molecule has 16 N–H and O–H groups in total. The van der Waals surface area contributed by atoms with E-state index in [2.05, 4.69) is 34.1 Å². The second kappa shape index (κ2) is 46.8. The van der Waals surface area contributed by atoms with Gasteiger partial charge in [0, 0.05) is 48.5 Å². The highest BCUT2D eigenvalue weighted by molar-refractivity contribution is 14.1. The predicted octanol–water partition coefficient (Wildman–Crippen LogP) is 1.51. The van der Waals surface area contributed by atoms with Crippen LogP contribution in [0.25, 0.3) is 0 Å². The lowest BCUT2D eigenvalue weighted by Gasteiger charge is -2.38. The molecule has 21 atom stereocenters. The van der Waals surface area contributed by atoms with E-state index in [1.54, 1.807) is 50.4 Å². The first-order chi connectivity index (χ1) is 71.2. The van der Waals surface area contributed by atoms with Gasteiger partial charge in [0.25, 0.3) is 17.7 Å². The maximum Gasteiger partial charge on any atom is 0.501 e. The molecule has 8 heterocycles. The lowest BCUT2D eigenvalue weighted by molar-refractivity contribution is -0.916. The highest BCUT2D eigenvalue weighted by atomic mass is 127. The summed E-state index contributed by atoms with van der Waals surface area (Å²) in [4.78, 5) is 125. The number of anilines is 2. The average Bonchev–Trinajstić information content (AvgIpc) is 1.60. The summed E-state index contributed by atoms with van der Waals surface area (Å²) in [6.45, 7) is 10.6. The van der Waals surface area contributed by atoms with Crippen LogP contribution >= 0.6 is 22.6 Å². The van der Waals surface area contributed by atoms with E-state index in [-0.39, 0.29) is 155 Å². The average molecular weight is 2230 g/mol. The number of rotatable bonds is 39. The summed E-state index contributed by atoms with van der Waals surface area (Å²) >= 11 is 1.93. The van der Waals surface area contributed by atoms with Gasteiger partial charge >= 0.3 is 40.5 Å². The number of carbonyl (C=O) groups is 9. The van der Waals surface area contributed by atoms with Crippen molar-refractivity contribution in [3.8, 4) is 51.7 Å². The van der Waals surface area contributed by atoms with Gasteiger partial charge < -0.3 is 166 Å². The number of hydrogen-bond acceptors (Lipinski definition) is 39. The minimum atomic E-state index is -5.30. The fraction of sp³-hybridized carbons (Fsp3) is 0.418. The monoisotopic (exact) mass is 2230 g/mol. The van der Waals surface area contributed by atoms with Crippen molar-refractivity contribution in [3.63, 3.8) is 0 Å². The van der Waals surface area contributed by atoms with Crippen LogP contribution in [0.15, 0.2) is 164 Å². The topological polar surface area (TPSA) is 677 Å². The van der Waals surface area contributed by atoms with E-state index in [1.807, 2.05) is 36.7 Å². The summed E-state index contributed by atoms with van der Waals surface area (Å²) in [7, 11) is 1.05. The first-order valence-corrected chi connectivity index (χ1v) is 49.4. The van der Waals surface area contributed by atoms with Gasteiger partial charge in [-0.3, -0.25) is 19.2 Å². The maximum absolute atomic E-state index is 14.8. The summed E-state index contributed by atoms with van der Waals surface area (Å²) in [6, 6.07) is 28.5. The van der Waals surface area contributed by atoms with E-state index >= 15 is 0 Å². The van der Waals surface area contributed by atoms with E-state index in [9.17, 15) is 123 Å². The van der Waals surface area contributed by atoms with Crippen molar-refractivity contribution in [2.45, 2.75) is 208 Å². The number of hydrogen-bond donors (Lipinski definition) is 16. The number of carbonyl (C=O) groups excluding carboxylic acids is 6. The zero-order valence-electron chi connectivity index (χ0n) is 81.0. The SMILES string of the molecule is C=C1C[C@H]2C(O)N(C(=O)OCc3ccc(O[C@@H]4O[C@H](C(=O)O)[C@@H](O)[C@H](O)[C@H]4O)cc3)c3cc(OCc4cc(COc5cc6c(cc5OC)C(=O)N5CC(=C)C[C@H]5[C@H](O)N6C(=O)OCc5ccc(O[C@@H]6O[C@H](C(=O)O)[C@@H](O)[C@H](O)[C@H]6O)cc5)cc(C[N+](C)(C)Cc5ccc(OS(=O)(=O)Oc6cc(C(=O)NCC(C)OC(C)Cn7cc(CNC(=O)CI)nn7)ccc6O[C@@H]6O[C@H](C(=O)O)[C@@H](O)[C@H](O)[C@H]6O)cc5)c4)c(OC)cc3C(=O)N2C1. The number of carboxylic acid groups (broad SMARTS) is 3. The maximum atomic E-state index is 14.8. The van der Waals surface area contributed by atoms with Crippen molar-refractivity contribution < 1.29 is 197 Å². The number of benzene rings is 7. The zero-order valence-corrected chi connectivity index (χ0v) is 83.9. The number of aliphatic hydroxyl groups excluding tert-OH is 11. The van der Waals surface area contributed by atoms with E-state index in [4.69, 9.17) is 69.9 Å². The Kier molecular flexibility index (Phi) is 34.4. The molecule has 0 radical (unpaired) electrons. The molecule has 15 rings (SSSR count). The minimum absolute atomic E-state index is 0.00323. The summed E-state index contributed by atoms with van der Waals surface area (Å²) in [5, 5.41) is 162. The largest absolute Gasteiger partial charge is 0.501 e. The zero-order chi connectivity index (χ0) is 108. The fourth-order valence-corrected chi connectivity index (χ4v) is 19.0. The standard InChI is InChI=1S/C98H109IN10O40S/c1-46-23-65-89(123)107(97(131)139-42-51-11-16-58(17-12-51)142-94-80(117)74(111)77(114)83(145-94)91(125)126)63-31-70(68(135-7)29-61(63)87(121)105(65)36-46)137-44-54-25-53(26-55(27-54)45-138-71-32-64-62(30-69(71)136-8)88(122)106-37-47(2)24-66(106)90(124)108(64)98(132)140-43-52-13-18-59(19-14-52)143-95-81(118)75(112)78(115)84(146-95)92(127)128)41-109(5,6)40-50-9-20-60(21-10-50)148-150(133,134)149-72-28-56(15-22-67(72)144-96-82(119)76(113)79(116)85(147-96)93(129)130)86(120)101-34-48(3)141-49(4)38-104-39-57(102-103-104)35-100-73(110)33-99/h9-22,25-32,39,48-49,65-66,74-85,89-90,94-96,111-119,123-124H,1-2,23-24,33-38,40-45H2,3-8H3,(H4-,100,101,110,120,125,126,127,128,129,130)/p+1/t48?,49?,65-,66-,74-,75-,76-,77-,78-,79-,80+,81+,82+,83-,84-,85-,89-,90?,94+,95+,96+/m0/s1. The third kappa shape index (κ3) is 25.4. The van der Waals surface area contributed by atoms with Crippen molar-refractivity contribution in [1.82, 2.24) is 35.4 Å². The quantitative estimate of drug-likeness (QED) is 0.0112. The van der Waals surface area contributed by atoms with E-state index < -0.39 is 212 Å². The van der Waals surface area contributed by atoms with Crippen molar-refractivity contribution >= 4 is 98.1 Å². The summed E-state index contributed by atoms with van der Waals surface area (Å²) in [6.07, 6.45) is -35.0. The molecule has 1 aromatic heterocycles. The number of aromatic nitrogens is 3. The third-order valence-corrected chi connectivity index (χ3v) is 26.8. The molecule has 804 valence electrons. The minimum Gasteiger partial charge on any atom is -0.493 e. The number of nitrogens with one attached hydrogen (secondary N) is 2. The Labute approximate surface area is 868 Å². The van der Waals surface area contributed by atoms with Crippen LogP contribution in [0.4, 0.5) is 21.0 Å². The normalized spacial score (nSPS) is 25.0. The summed E-state index contributed by atoms with van der Waals surface area (Å²) in [5.74, 6) is -9.17. The Hall–Kier alpha value is -13.8. The van der Waals surface area contributed by atoms with Crippen LogP contribution in [0.5, 0.6) is 51.7 Å². The molecule has 0 spiro atoms. The third-order valence-electron chi connectivity index (χ3n) is 25.3. The smallest absolute Gasteiger partial charge is 0.493 e. The van der Waals surface area contributed by atoms with Gasteiger partial charge in [0.2, 0.25) is 24.8 Å². The first kappa shape index (κ1) is 110. The molecule has 0 saturated carbocycles. The number of amides is 6. The molecule has 8 aromatic rings. The molecule has 150 heavy (non-hydrogen) atoms. The number of ether oxygens (including phenoxy) is 13. The van der Waals surface area contributed by atoms with Gasteiger partial charge in [-0.05, 0) is 146 Å². The number of alkyl halides is 1. The highest BCUT2D eigenvalue weighted by Crippen LogP contribution is 2.47. The van der Waals surface area contributed by atoms with Gasteiger partial charge in [-0.15, -0.1) is 13.5 Å². The number of quaternary nitrogens is 1. The van der Waals surface area contributed by atoms with Crippen molar-refractivity contribution in [2.24, 2.45) is 0 Å². The Morgan fingerprint density at radius 3 is 1.37 bits per heavy atom. The molecule has 3 unspecified atom stereocenters. The summed E-state index contributed by atoms with van der Waals surface area (Å²) in [5.41, 5.74) is 3.48. The molecule has 50 nitrogen and oxygen atoms in total. The van der Waals surface area contributed by atoms with Gasteiger partial charge in [-0.1, -0.05) is 76.4 Å². The number of fused-ring (bicyclic) bond motifs is 4. The van der Waals surface area contributed by atoms with Crippen molar-refractivity contribution in [2.75, 3.05) is 62.2 Å². The lowest BCUT2D eigenvalue weighted by atomic mass is 9.99. The molecule has 7 aromatic carbocycles. The van der Waals surface area contributed by atoms with Gasteiger partial charge in [-0.25, -0.2) is 38.5 Å². The molecule has 0 bridgehead atoms. The number of carboxylic acids is 3. The van der Waals surface area contributed by atoms with E-state index in [0.29, 0.717) is 50.2 Å². The molecular formula is C98H110IN10O40S+. The molecule has 7 aliphatic rings. The van der Waals surface area contributed by atoms with Crippen LogP contribution < -0.4 is 62.0 Å². The predicted molar refractivity (Wildman–Crippen MR) is 519 cm³/mol. The first-order valence-electron chi connectivity index (χ1n) is 46.6. The van der Waals surface area contributed by atoms with Crippen LogP contribution in [0.1, 0.15) is 96.8 Å². The molecule has 5 saturated heterocycles. The molecule has 6 amide bonds. The lowest BCUT2D eigenvalue weighted by Crippen LogP contribution is -2.61. The van der Waals surface area contributed by atoms with Crippen LogP contribution in [0.3, 0.4) is 0 Å². The van der Waals surface area contributed by atoms with Crippen LogP contribution in [-0.2, 0) is 111 Å². The number of halogens is 1. The number of aliphatic carboxylic acids is 3. The van der Waals surface area contributed by atoms with Gasteiger partial charge in [0.1, 0.15) is 117 Å². The Morgan fingerprint density at radius 2 is 0.927 bits per heavy atom. The molecule has 5 fully saturated rings. The number of aliphatic hydroxyl groups is 11. The van der Waals surface area contributed by atoms with Crippen molar-refractivity contribution in [3.05, 3.63) is 220 Å². The summed E-state index contributed by atoms with van der Waals surface area (Å²) < 4.78 is 117. The van der Waals surface area contributed by atoms with Crippen LogP contribution in [0.2, 0.25) is 0 Å².